The van der Waals surface area contributed by atoms with Crippen LogP contribution in [0.3, 0.4) is 0 Å². The number of halogens is 1. The molecule has 0 N–H and O–H groups in total. The Labute approximate surface area is 109 Å². The number of imide groups is 1. The fourth-order valence-corrected chi connectivity index (χ4v) is 3.75. The van der Waals surface area contributed by atoms with E-state index in [2.05, 4.69) is 12.2 Å². The largest absolute Gasteiger partial charge is 0.274 e. The molecular weight excluding hydrogens is 245 g/mol. The zero-order valence-corrected chi connectivity index (χ0v) is 10.1. The van der Waals surface area contributed by atoms with E-state index in [1.54, 1.807) is 0 Å². The monoisotopic (exact) mass is 257 g/mol. The van der Waals surface area contributed by atoms with Crippen molar-refractivity contribution in [3.63, 3.8) is 0 Å². The maximum atomic E-state index is 12.9. The molecule has 1 saturated heterocycles. The summed E-state index contributed by atoms with van der Waals surface area (Å²) in [5.74, 6) is -0.615. The Kier molecular flexibility index (Phi) is 2.03. The number of carbonyl (C=O) groups is 2. The Bertz CT molecular complexity index is 577. The van der Waals surface area contributed by atoms with Crippen molar-refractivity contribution >= 4 is 17.5 Å². The van der Waals surface area contributed by atoms with E-state index in [1.165, 1.54) is 29.2 Å². The van der Waals surface area contributed by atoms with Gasteiger partial charge < -0.3 is 0 Å². The number of benzene rings is 1. The van der Waals surface area contributed by atoms with Gasteiger partial charge in [-0.05, 0) is 42.5 Å². The van der Waals surface area contributed by atoms with Crippen LogP contribution in [-0.2, 0) is 9.59 Å². The predicted molar refractivity (Wildman–Crippen MR) is 66.6 cm³/mol. The average Bonchev–Trinajstić information content (AvgIpc) is 3.06. The van der Waals surface area contributed by atoms with Gasteiger partial charge in [0.1, 0.15) is 5.82 Å². The maximum absolute atomic E-state index is 12.9. The summed E-state index contributed by atoms with van der Waals surface area (Å²) >= 11 is 0. The molecule has 1 aliphatic heterocycles. The van der Waals surface area contributed by atoms with E-state index in [-0.39, 0.29) is 41.3 Å². The van der Waals surface area contributed by atoms with Gasteiger partial charge in [-0.3, -0.25) is 14.5 Å². The summed E-state index contributed by atoms with van der Waals surface area (Å²) < 4.78 is 12.9. The van der Waals surface area contributed by atoms with Gasteiger partial charge in [0.2, 0.25) is 11.8 Å². The molecule has 96 valence electrons. The van der Waals surface area contributed by atoms with Crippen LogP contribution < -0.4 is 4.90 Å². The van der Waals surface area contributed by atoms with Gasteiger partial charge in [-0.2, -0.15) is 0 Å². The molecule has 0 unspecified atom stereocenters. The first-order valence-corrected chi connectivity index (χ1v) is 6.48. The summed E-state index contributed by atoms with van der Waals surface area (Å²) in [6, 6.07) is 5.52. The number of hydrogen-bond donors (Lipinski definition) is 0. The van der Waals surface area contributed by atoms with Crippen LogP contribution in [-0.4, -0.2) is 11.8 Å². The minimum atomic E-state index is -0.371. The van der Waals surface area contributed by atoms with E-state index in [0.29, 0.717) is 5.69 Å². The topological polar surface area (TPSA) is 37.4 Å². The SMILES string of the molecule is O=C1[C@@H]2[C@@H](C(=O)N1c1ccc(F)cc1)[C@H]1C=C[C@H]2C1. The molecule has 1 heterocycles. The molecule has 19 heavy (non-hydrogen) atoms. The third kappa shape index (κ3) is 1.31. The zero-order valence-electron chi connectivity index (χ0n) is 10.1. The van der Waals surface area contributed by atoms with Gasteiger partial charge in [0, 0.05) is 0 Å². The minimum absolute atomic E-state index is 0.126. The van der Waals surface area contributed by atoms with Crippen molar-refractivity contribution in [2.24, 2.45) is 23.7 Å². The fraction of sp³-hybridized carbons (Fsp3) is 0.333. The molecule has 1 aromatic carbocycles. The molecule has 0 spiro atoms. The van der Waals surface area contributed by atoms with Crippen LogP contribution in [0.2, 0.25) is 0 Å². The zero-order chi connectivity index (χ0) is 13.1. The van der Waals surface area contributed by atoms with Crippen molar-refractivity contribution in [3.05, 3.63) is 42.2 Å². The number of allylic oxidation sites excluding steroid dienone is 2. The van der Waals surface area contributed by atoms with E-state index >= 15 is 0 Å². The second-order valence-electron chi connectivity index (χ2n) is 5.49. The number of nitrogens with zero attached hydrogens (tertiary/aromatic N) is 1. The highest BCUT2D eigenvalue weighted by atomic mass is 19.1. The van der Waals surface area contributed by atoms with E-state index in [4.69, 9.17) is 0 Å². The van der Waals surface area contributed by atoms with Crippen LogP contribution >= 0.6 is 0 Å². The standard InChI is InChI=1S/C15H12FNO2/c16-10-3-5-11(6-4-10)17-14(18)12-8-1-2-9(7-8)13(12)15(17)19/h1-6,8-9,12-13H,7H2/t8-,9-,12-,13-/m0/s1. The Morgan fingerprint density at radius 1 is 0.947 bits per heavy atom. The molecule has 3 nitrogen and oxygen atoms in total. The van der Waals surface area contributed by atoms with E-state index < -0.39 is 0 Å². The lowest BCUT2D eigenvalue weighted by atomic mass is 9.85. The van der Waals surface area contributed by atoms with Crippen LogP contribution in [0.25, 0.3) is 0 Å². The lowest BCUT2D eigenvalue weighted by molar-refractivity contribution is -0.123. The number of carbonyl (C=O) groups excluding carboxylic acids is 2. The lowest BCUT2D eigenvalue weighted by Crippen LogP contribution is -2.32. The number of fused-ring (bicyclic) bond motifs is 5. The highest BCUT2D eigenvalue weighted by molar-refractivity contribution is 6.22. The molecule has 0 radical (unpaired) electrons. The van der Waals surface area contributed by atoms with E-state index in [0.717, 1.165) is 6.42 Å². The summed E-state index contributed by atoms with van der Waals surface area (Å²) in [6.07, 6.45) is 5.04. The molecule has 4 heteroatoms. The molecule has 3 aliphatic rings. The highest BCUT2D eigenvalue weighted by Crippen LogP contribution is 2.53. The number of hydrogen-bond acceptors (Lipinski definition) is 2. The van der Waals surface area contributed by atoms with Crippen molar-refractivity contribution in [1.29, 1.82) is 0 Å². The van der Waals surface area contributed by atoms with E-state index in [1.807, 2.05) is 0 Å². The molecule has 2 aliphatic carbocycles. The van der Waals surface area contributed by atoms with E-state index in [9.17, 15) is 14.0 Å². The number of rotatable bonds is 1. The van der Waals surface area contributed by atoms with Crippen molar-refractivity contribution in [3.8, 4) is 0 Å². The van der Waals surface area contributed by atoms with Gasteiger partial charge in [0.25, 0.3) is 0 Å². The van der Waals surface area contributed by atoms with Crippen molar-refractivity contribution in [1.82, 2.24) is 0 Å². The molecule has 2 amide bonds. The van der Waals surface area contributed by atoms with Gasteiger partial charge in [0.05, 0.1) is 17.5 Å². The first-order chi connectivity index (χ1) is 9.16. The van der Waals surface area contributed by atoms with Gasteiger partial charge in [-0.25, -0.2) is 4.39 Å². The van der Waals surface area contributed by atoms with Crippen molar-refractivity contribution < 1.29 is 14.0 Å². The van der Waals surface area contributed by atoms with Crippen LogP contribution in [0.15, 0.2) is 36.4 Å². The molecule has 2 fully saturated rings. The molecule has 0 aromatic heterocycles. The first kappa shape index (κ1) is 10.9. The van der Waals surface area contributed by atoms with Crippen LogP contribution in [0, 0.1) is 29.5 Å². The summed E-state index contributed by atoms with van der Waals surface area (Å²) in [6.45, 7) is 0. The molecule has 2 bridgehead atoms. The molecule has 1 saturated carbocycles. The maximum Gasteiger partial charge on any atom is 0.238 e. The Morgan fingerprint density at radius 2 is 1.47 bits per heavy atom. The van der Waals surface area contributed by atoms with Crippen LogP contribution in [0.1, 0.15) is 6.42 Å². The van der Waals surface area contributed by atoms with Gasteiger partial charge >= 0.3 is 0 Å². The van der Waals surface area contributed by atoms with Gasteiger partial charge in [-0.15, -0.1) is 0 Å². The quantitative estimate of drug-likeness (QED) is 0.571. The minimum Gasteiger partial charge on any atom is -0.274 e. The second kappa shape index (κ2) is 3.53. The Hall–Kier alpha value is -1.97. The lowest BCUT2D eigenvalue weighted by Gasteiger charge is -2.17. The third-order valence-corrected chi connectivity index (χ3v) is 4.56. The normalized spacial score (nSPS) is 35.3. The van der Waals surface area contributed by atoms with Crippen molar-refractivity contribution in [2.45, 2.75) is 6.42 Å². The summed E-state index contributed by atoms with van der Waals surface area (Å²) in [4.78, 5) is 26.1. The van der Waals surface area contributed by atoms with Crippen LogP contribution in [0.4, 0.5) is 10.1 Å². The molecular formula is C15H12FNO2. The number of amides is 2. The second-order valence-corrected chi connectivity index (χ2v) is 5.49. The molecule has 4 atom stereocenters. The predicted octanol–water partition coefficient (Wildman–Crippen LogP) is 2.14. The molecule has 1 aromatic rings. The van der Waals surface area contributed by atoms with Crippen molar-refractivity contribution in [2.75, 3.05) is 4.90 Å². The summed E-state index contributed by atoms with van der Waals surface area (Å²) in [7, 11) is 0. The third-order valence-electron chi connectivity index (χ3n) is 4.56. The Balaban J connectivity index is 1.74. The smallest absolute Gasteiger partial charge is 0.238 e. The number of anilines is 1. The van der Waals surface area contributed by atoms with Gasteiger partial charge in [-0.1, -0.05) is 12.2 Å². The summed E-state index contributed by atoms with van der Waals surface area (Å²) in [5.41, 5.74) is 0.477. The van der Waals surface area contributed by atoms with Gasteiger partial charge in [0.15, 0.2) is 0 Å². The average molecular weight is 257 g/mol. The molecule has 4 rings (SSSR count). The Morgan fingerprint density at radius 3 is 2.00 bits per heavy atom. The first-order valence-electron chi connectivity index (χ1n) is 6.48. The van der Waals surface area contributed by atoms with Crippen LogP contribution in [0.5, 0.6) is 0 Å². The fourth-order valence-electron chi connectivity index (χ4n) is 3.75. The highest BCUT2D eigenvalue weighted by Gasteiger charge is 2.59. The summed E-state index contributed by atoms with van der Waals surface area (Å²) in [5, 5.41) is 0.